The molecule has 4 heterocycles. The second-order valence-corrected chi connectivity index (χ2v) is 9.50. The van der Waals surface area contributed by atoms with Gasteiger partial charge in [0.15, 0.2) is 5.82 Å². The van der Waals surface area contributed by atoms with Gasteiger partial charge in [0.25, 0.3) is 0 Å². The van der Waals surface area contributed by atoms with E-state index in [0.29, 0.717) is 16.7 Å². The SMILES string of the molecule is CC1(C)Cc2cc(C=CC(=O)[N+]3(C)CCC(=Cc4ncsn4)CC3)cnc2NC1=O. The predicted octanol–water partition coefficient (Wildman–Crippen LogP) is 3.32. The minimum absolute atomic E-state index is 0.0116. The van der Waals surface area contributed by atoms with E-state index in [1.807, 2.05) is 39.1 Å². The molecule has 1 fully saturated rings. The quantitative estimate of drug-likeness (QED) is 0.604. The number of fused-ring (bicyclic) bond motifs is 1. The van der Waals surface area contributed by atoms with Crippen LogP contribution in [0.1, 0.15) is 43.6 Å². The zero-order valence-electron chi connectivity index (χ0n) is 17.5. The summed E-state index contributed by atoms with van der Waals surface area (Å²) in [5, 5.41) is 2.86. The van der Waals surface area contributed by atoms with Crippen molar-refractivity contribution in [3.63, 3.8) is 0 Å². The molecule has 1 saturated heterocycles. The molecule has 4 rings (SSSR count). The third-order valence-corrected chi connectivity index (χ3v) is 6.47. The molecule has 0 saturated carbocycles. The normalized spacial score (nSPS) is 23.2. The Labute approximate surface area is 180 Å². The van der Waals surface area contributed by atoms with Gasteiger partial charge in [-0.3, -0.25) is 9.28 Å². The maximum absolute atomic E-state index is 12.9. The van der Waals surface area contributed by atoms with E-state index in [-0.39, 0.29) is 11.8 Å². The second kappa shape index (κ2) is 7.85. The van der Waals surface area contributed by atoms with E-state index >= 15 is 0 Å². The molecule has 2 amide bonds. The highest BCUT2D eigenvalue weighted by atomic mass is 32.1. The summed E-state index contributed by atoms with van der Waals surface area (Å²) in [6.45, 7) is 5.38. The van der Waals surface area contributed by atoms with Gasteiger partial charge in [-0.1, -0.05) is 19.4 Å². The van der Waals surface area contributed by atoms with Crippen LogP contribution in [0, 0.1) is 5.41 Å². The van der Waals surface area contributed by atoms with Crippen LogP contribution in [-0.4, -0.2) is 50.8 Å². The number of likely N-dealkylation sites (N-methyl/N-ethyl adjacent to an activating group) is 1. The Morgan fingerprint density at radius 3 is 2.73 bits per heavy atom. The number of hydrogen-bond acceptors (Lipinski definition) is 6. The van der Waals surface area contributed by atoms with E-state index < -0.39 is 5.41 Å². The first-order chi connectivity index (χ1) is 14.2. The average Bonchev–Trinajstić information content (AvgIpc) is 3.21. The number of pyridine rings is 1. The number of hydrogen-bond donors (Lipinski definition) is 1. The van der Waals surface area contributed by atoms with Crippen molar-refractivity contribution < 1.29 is 14.1 Å². The number of carbonyl (C=O) groups excluding carboxylic acids is 2. The molecule has 2 aliphatic rings. The van der Waals surface area contributed by atoms with Crippen molar-refractivity contribution in [3.8, 4) is 0 Å². The van der Waals surface area contributed by atoms with Crippen LogP contribution >= 0.6 is 11.5 Å². The highest BCUT2D eigenvalue weighted by Gasteiger charge is 2.35. The fourth-order valence-electron chi connectivity index (χ4n) is 3.86. The van der Waals surface area contributed by atoms with Gasteiger partial charge in [-0.2, -0.15) is 4.37 Å². The van der Waals surface area contributed by atoms with Crippen LogP contribution in [-0.2, 0) is 16.0 Å². The maximum Gasteiger partial charge on any atom is 0.338 e. The van der Waals surface area contributed by atoms with E-state index in [1.165, 1.54) is 17.1 Å². The van der Waals surface area contributed by atoms with Gasteiger partial charge in [0.1, 0.15) is 11.3 Å². The number of carbonyl (C=O) groups is 2. The lowest BCUT2D eigenvalue weighted by Crippen LogP contribution is -2.52. The molecular weight excluding hydrogens is 398 g/mol. The van der Waals surface area contributed by atoms with Gasteiger partial charge in [-0.05, 0) is 47.3 Å². The number of quaternary nitrogens is 1. The second-order valence-electron chi connectivity index (χ2n) is 8.90. The van der Waals surface area contributed by atoms with E-state index in [4.69, 9.17) is 0 Å². The van der Waals surface area contributed by atoms with Crippen LogP contribution in [0.5, 0.6) is 0 Å². The molecule has 0 unspecified atom stereocenters. The summed E-state index contributed by atoms with van der Waals surface area (Å²) in [6.07, 6.45) is 9.58. The van der Waals surface area contributed by atoms with Gasteiger partial charge in [0, 0.05) is 30.5 Å². The van der Waals surface area contributed by atoms with E-state index in [2.05, 4.69) is 19.7 Å². The Bertz CT molecular complexity index is 1030. The Kier molecular flexibility index (Phi) is 5.38. The molecule has 2 aliphatic heterocycles. The minimum Gasteiger partial charge on any atom is -0.310 e. The van der Waals surface area contributed by atoms with Gasteiger partial charge in [0.2, 0.25) is 5.91 Å². The molecule has 0 radical (unpaired) electrons. The van der Waals surface area contributed by atoms with Crippen LogP contribution in [0.2, 0.25) is 0 Å². The van der Waals surface area contributed by atoms with Crippen molar-refractivity contribution >= 4 is 41.3 Å². The molecule has 0 atom stereocenters. The lowest BCUT2D eigenvalue weighted by Gasteiger charge is -2.35. The molecule has 30 heavy (non-hydrogen) atoms. The largest absolute Gasteiger partial charge is 0.338 e. The summed E-state index contributed by atoms with van der Waals surface area (Å²) in [5.41, 5.74) is 4.43. The first kappa shape index (κ1) is 20.6. The minimum atomic E-state index is -0.460. The summed E-state index contributed by atoms with van der Waals surface area (Å²) in [5.74, 6) is 1.46. The van der Waals surface area contributed by atoms with Crippen molar-refractivity contribution in [1.29, 1.82) is 0 Å². The van der Waals surface area contributed by atoms with Gasteiger partial charge in [0.05, 0.1) is 20.1 Å². The summed E-state index contributed by atoms with van der Waals surface area (Å²) in [4.78, 5) is 33.6. The smallest absolute Gasteiger partial charge is 0.310 e. The van der Waals surface area contributed by atoms with Crippen LogP contribution in [0.4, 0.5) is 5.82 Å². The van der Waals surface area contributed by atoms with Crippen molar-refractivity contribution in [3.05, 3.63) is 46.4 Å². The third-order valence-electron chi connectivity index (χ3n) is 5.98. The molecule has 0 bridgehead atoms. The molecular formula is C22H26N5O2S+. The van der Waals surface area contributed by atoms with Gasteiger partial charge >= 0.3 is 5.91 Å². The highest BCUT2D eigenvalue weighted by Crippen LogP contribution is 2.32. The Morgan fingerprint density at radius 1 is 1.27 bits per heavy atom. The standard InChI is InChI=1S/C22H25N5O2S/c1-22(2)12-17-10-16(13-23-20(17)25-21(22)29)4-5-19(28)27(3)8-6-15(7-9-27)11-18-24-14-30-26-18/h4-5,10-11,13-14H,6-9,12H2,1-3H3/p+1. The van der Waals surface area contributed by atoms with Crippen LogP contribution in [0.25, 0.3) is 12.2 Å². The lowest BCUT2D eigenvalue weighted by molar-refractivity contribution is -0.834. The zero-order valence-corrected chi connectivity index (χ0v) is 18.3. The monoisotopic (exact) mass is 424 g/mol. The molecule has 1 N–H and O–H groups in total. The number of piperidine rings is 1. The number of rotatable bonds is 3. The van der Waals surface area contributed by atoms with Crippen LogP contribution in [0.3, 0.4) is 0 Å². The van der Waals surface area contributed by atoms with E-state index in [9.17, 15) is 9.59 Å². The molecule has 7 nitrogen and oxygen atoms in total. The van der Waals surface area contributed by atoms with E-state index in [1.54, 1.807) is 17.8 Å². The van der Waals surface area contributed by atoms with Crippen LogP contribution in [0.15, 0.2) is 29.4 Å². The van der Waals surface area contributed by atoms with Gasteiger partial charge < -0.3 is 5.32 Å². The molecule has 2 aromatic rings. The third kappa shape index (κ3) is 4.24. The molecule has 156 valence electrons. The highest BCUT2D eigenvalue weighted by molar-refractivity contribution is 7.03. The van der Waals surface area contributed by atoms with E-state index in [0.717, 1.165) is 42.9 Å². The Hall–Kier alpha value is -2.71. The van der Waals surface area contributed by atoms with Crippen LogP contribution < -0.4 is 5.32 Å². The number of aromatic nitrogens is 3. The van der Waals surface area contributed by atoms with Gasteiger partial charge in [-0.15, -0.1) is 0 Å². The molecule has 2 aromatic heterocycles. The zero-order chi connectivity index (χ0) is 21.4. The fourth-order valence-corrected chi connectivity index (χ4v) is 4.27. The maximum atomic E-state index is 12.9. The number of nitrogens with zero attached hydrogens (tertiary/aromatic N) is 4. The Morgan fingerprint density at radius 2 is 2.03 bits per heavy atom. The topological polar surface area (TPSA) is 84.8 Å². The molecule has 0 aliphatic carbocycles. The average molecular weight is 425 g/mol. The molecule has 0 aromatic carbocycles. The number of anilines is 1. The number of nitrogens with one attached hydrogen (secondary N) is 1. The van der Waals surface area contributed by atoms with Crippen molar-refractivity contribution in [2.75, 3.05) is 25.5 Å². The first-order valence-electron chi connectivity index (χ1n) is 10.1. The molecule has 0 spiro atoms. The molecule has 8 heteroatoms. The van der Waals surface area contributed by atoms with Crippen molar-refractivity contribution in [2.24, 2.45) is 5.41 Å². The first-order valence-corrected chi connectivity index (χ1v) is 10.9. The van der Waals surface area contributed by atoms with Crippen molar-refractivity contribution in [1.82, 2.24) is 14.3 Å². The summed E-state index contributed by atoms with van der Waals surface area (Å²) in [7, 11) is 1.99. The predicted molar refractivity (Wildman–Crippen MR) is 117 cm³/mol. The number of amides is 2. The van der Waals surface area contributed by atoms with Crippen molar-refractivity contribution in [2.45, 2.75) is 33.1 Å². The summed E-state index contributed by atoms with van der Waals surface area (Å²) in [6, 6.07) is 2.01. The lowest BCUT2D eigenvalue weighted by atomic mass is 9.82. The fraction of sp³-hybridized carbons (Fsp3) is 0.409. The summed E-state index contributed by atoms with van der Waals surface area (Å²) < 4.78 is 4.62. The van der Waals surface area contributed by atoms with Gasteiger partial charge in [-0.25, -0.2) is 14.8 Å². The Balaban J connectivity index is 1.42. The number of likely N-dealkylation sites (tertiary alicyclic amines) is 1. The summed E-state index contributed by atoms with van der Waals surface area (Å²) >= 11 is 1.35.